The Balaban J connectivity index is 4.00. The molecule has 4 nitrogen and oxygen atoms in total. The molecule has 0 unspecified atom stereocenters. The van der Waals surface area contributed by atoms with Gasteiger partial charge in [-0.05, 0) is 0 Å². The maximum Gasteiger partial charge on any atom is 0.329 e. The number of carboxylic acids is 1. The summed E-state index contributed by atoms with van der Waals surface area (Å²) in [6, 6.07) is 0. The molecular formula is C4H4ClNO3. The third kappa shape index (κ3) is 4.83. The fraction of sp³-hybridized carbons (Fsp3) is 0. The lowest BCUT2D eigenvalue weighted by molar-refractivity contribution is -0.131. The Kier molecular flexibility index (Phi) is 3.46. The monoisotopic (exact) mass is 149 g/mol. The summed E-state index contributed by atoms with van der Waals surface area (Å²) in [6.07, 6.45) is 1.52. The van der Waals surface area contributed by atoms with Crippen LogP contribution in [0.4, 0.5) is 0 Å². The van der Waals surface area contributed by atoms with E-state index in [0.717, 1.165) is 6.21 Å². The number of carboxylic acid groups (broad SMARTS) is 1. The molecule has 0 atom stereocenters. The minimum Gasteiger partial charge on any atom is -0.478 e. The topological polar surface area (TPSA) is 69.9 Å². The number of allylic oxidation sites excluding steroid dienone is 1. The Bertz CT molecular complexity index is 163. The molecule has 2 N–H and O–H groups in total. The number of nitrogens with zero attached hydrogens (tertiary/aromatic N) is 1. The number of carbonyl (C=O) groups is 1. The van der Waals surface area contributed by atoms with Crippen molar-refractivity contribution in [2.24, 2.45) is 5.16 Å². The van der Waals surface area contributed by atoms with Crippen molar-refractivity contribution in [2.45, 2.75) is 0 Å². The van der Waals surface area contributed by atoms with Crippen LogP contribution in [0.25, 0.3) is 0 Å². The second-order valence-corrected chi connectivity index (χ2v) is 1.55. The molecule has 0 rings (SSSR count). The molecule has 0 bridgehead atoms. The van der Waals surface area contributed by atoms with Crippen molar-refractivity contribution in [1.82, 2.24) is 0 Å². The fourth-order valence-electron chi connectivity index (χ4n) is 0.210. The Morgan fingerprint density at radius 1 is 1.67 bits per heavy atom. The number of halogens is 1. The van der Waals surface area contributed by atoms with E-state index in [4.69, 9.17) is 21.9 Å². The van der Waals surface area contributed by atoms with Gasteiger partial charge in [0.15, 0.2) is 0 Å². The first kappa shape index (κ1) is 7.97. The van der Waals surface area contributed by atoms with Crippen LogP contribution in [0.3, 0.4) is 0 Å². The number of oxime groups is 1. The van der Waals surface area contributed by atoms with Crippen molar-refractivity contribution in [1.29, 1.82) is 0 Å². The SMILES string of the molecule is O=C(O)/C=C(Cl)/C=N/O. The predicted octanol–water partition coefficient (Wildman–Crippen LogP) is 0.654. The van der Waals surface area contributed by atoms with Crippen LogP contribution in [0.1, 0.15) is 0 Å². The van der Waals surface area contributed by atoms with Crippen LogP contribution in [0.15, 0.2) is 16.3 Å². The molecule has 0 spiro atoms. The molecule has 0 aliphatic heterocycles. The van der Waals surface area contributed by atoms with Crippen LogP contribution in [0, 0.1) is 0 Å². The first-order valence-corrected chi connectivity index (χ1v) is 2.32. The van der Waals surface area contributed by atoms with E-state index in [0.29, 0.717) is 6.08 Å². The number of rotatable bonds is 2. The van der Waals surface area contributed by atoms with Crippen LogP contribution in [0.2, 0.25) is 0 Å². The summed E-state index contributed by atoms with van der Waals surface area (Å²) in [5, 5.41) is 18.2. The Morgan fingerprint density at radius 2 is 2.22 bits per heavy atom. The van der Waals surface area contributed by atoms with Crippen molar-refractivity contribution in [3.8, 4) is 0 Å². The molecule has 0 aromatic carbocycles. The lowest BCUT2D eigenvalue weighted by atomic mass is 10.5. The van der Waals surface area contributed by atoms with E-state index < -0.39 is 5.97 Å². The maximum absolute atomic E-state index is 9.78. The van der Waals surface area contributed by atoms with Gasteiger partial charge in [-0.2, -0.15) is 0 Å². The zero-order valence-electron chi connectivity index (χ0n) is 4.28. The summed E-state index contributed by atoms with van der Waals surface area (Å²) in [5.74, 6) is -1.18. The predicted molar refractivity (Wildman–Crippen MR) is 31.9 cm³/mol. The molecular weight excluding hydrogens is 146 g/mol. The summed E-state index contributed by atoms with van der Waals surface area (Å²) in [4.78, 5) is 9.78. The molecule has 0 aromatic heterocycles. The minimum atomic E-state index is -1.18. The van der Waals surface area contributed by atoms with Crippen molar-refractivity contribution in [3.63, 3.8) is 0 Å². The molecule has 0 aliphatic carbocycles. The Labute approximate surface area is 56.0 Å². The Hall–Kier alpha value is -1.03. The van der Waals surface area contributed by atoms with Crippen LogP contribution in [-0.2, 0) is 4.79 Å². The first-order chi connectivity index (χ1) is 4.16. The smallest absolute Gasteiger partial charge is 0.329 e. The van der Waals surface area contributed by atoms with Gasteiger partial charge in [-0.25, -0.2) is 4.79 Å². The fourth-order valence-corrected chi connectivity index (χ4v) is 0.347. The number of hydrogen-bond donors (Lipinski definition) is 2. The molecule has 0 aliphatic rings. The lowest BCUT2D eigenvalue weighted by Gasteiger charge is -1.80. The molecule has 0 radical (unpaired) electrons. The van der Waals surface area contributed by atoms with Crippen molar-refractivity contribution in [2.75, 3.05) is 0 Å². The molecule has 50 valence electrons. The summed E-state index contributed by atoms with van der Waals surface area (Å²) >= 11 is 5.15. The van der Waals surface area contributed by atoms with E-state index in [9.17, 15) is 4.79 Å². The van der Waals surface area contributed by atoms with Gasteiger partial charge < -0.3 is 10.3 Å². The Morgan fingerprint density at radius 3 is 2.56 bits per heavy atom. The van der Waals surface area contributed by atoms with Gasteiger partial charge in [0.2, 0.25) is 0 Å². The largest absolute Gasteiger partial charge is 0.478 e. The normalized spacial score (nSPS) is 12.3. The summed E-state index contributed by atoms with van der Waals surface area (Å²) in [7, 11) is 0. The molecule has 0 saturated heterocycles. The molecule has 0 amide bonds. The van der Waals surface area contributed by atoms with Gasteiger partial charge in [-0.15, -0.1) is 0 Å². The maximum atomic E-state index is 9.78. The highest BCUT2D eigenvalue weighted by Gasteiger charge is 1.90. The highest BCUT2D eigenvalue weighted by atomic mass is 35.5. The molecule has 5 heteroatoms. The molecule has 9 heavy (non-hydrogen) atoms. The van der Waals surface area contributed by atoms with E-state index in [1.54, 1.807) is 0 Å². The van der Waals surface area contributed by atoms with Gasteiger partial charge >= 0.3 is 5.97 Å². The second kappa shape index (κ2) is 3.91. The van der Waals surface area contributed by atoms with Gasteiger partial charge in [0.25, 0.3) is 0 Å². The molecule has 0 heterocycles. The summed E-state index contributed by atoms with van der Waals surface area (Å²) in [6.45, 7) is 0. The van der Waals surface area contributed by atoms with E-state index in [1.807, 2.05) is 0 Å². The average molecular weight is 150 g/mol. The van der Waals surface area contributed by atoms with Gasteiger partial charge in [0, 0.05) is 6.08 Å². The van der Waals surface area contributed by atoms with Crippen LogP contribution < -0.4 is 0 Å². The van der Waals surface area contributed by atoms with Gasteiger partial charge in [0.1, 0.15) is 0 Å². The average Bonchev–Trinajstić information content (AvgIpc) is 1.63. The van der Waals surface area contributed by atoms with E-state index in [-0.39, 0.29) is 5.03 Å². The third-order valence-electron chi connectivity index (χ3n) is 0.442. The van der Waals surface area contributed by atoms with Crippen molar-refractivity contribution >= 4 is 23.8 Å². The van der Waals surface area contributed by atoms with Crippen LogP contribution in [-0.4, -0.2) is 22.5 Å². The lowest BCUT2D eigenvalue weighted by Crippen LogP contribution is -1.88. The van der Waals surface area contributed by atoms with E-state index in [1.165, 1.54) is 0 Å². The first-order valence-electron chi connectivity index (χ1n) is 1.94. The highest BCUT2D eigenvalue weighted by Crippen LogP contribution is 1.94. The minimum absolute atomic E-state index is 0.134. The standard InChI is InChI=1S/C4H4ClNO3/c5-3(2-6-9)1-4(7)8/h1-2,9H,(H,7,8)/b3-1-,6-2+. The van der Waals surface area contributed by atoms with E-state index in [2.05, 4.69) is 5.16 Å². The quantitative estimate of drug-likeness (QED) is 0.262. The third-order valence-corrected chi connectivity index (χ3v) is 0.649. The van der Waals surface area contributed by atoms with Gasteiger partial charge in [-0.3, -0.25) is 0 Å². The zero-order chi connectivity index (χ0) is 7.28. The summed E-state index contributed by atoms with van der Waals surface area (Å²) in [5.41, 5.74) is 0. The zero-order valence-corrected chi connectivity index (χ0v) is 5.04. The van der Waals surface area contributed by atoms with Crippen molar-refractivity contribution < 1.29 is 15.1 Å². The van der Waals surface area contributed by atoms with Gasteiger partial charge in [-0.1, -0.05) is 16.8 Å². The molecule has 0 aromatic rings. The van der Waals surface area contributed by atoms with Crippen LogP contribution >= 0.6 is 11.6 Å². The molecule has 0 saturated carbocycles. The van der Waals surface area contributed by atoms with Crippen molar-refractivity contribution in [3.05, 3.63) is 11.1 Å². The molecule has 0 fully saturated rings. The van der Waals surface area contributed by atoms with Crippen LogP contribution in [0.5, 0.6) is 0 Å². The number of hydrogen-bond acceptors (Lipinski definition) is 3. The second-order valence-electron chi connectivity index (χ2n) is 1.11. The number of aliphatic carboxylic acids is 1. The van der Waals surface area contributed by atoms with Gasteiger partial charge in [0.05, 0.1) is 11.2 Å². The highest BCUT2D eigenvalue weighted by molar-refractivity contribution is 6.40. The summed E-state index contributed by atoms with van der Waals surface area (Å²) < 4.78 is 0. The van der Waals surface area contributed by atoms with E-state index >= 15 is 0 Å².